The van der Waals surface area contributed by atoms with Crippen molar-refractivity contribution >= 4 is 0 Å². The standard InChI is InChI=1S/C17H21NO2/c1-13-7-4-5-8-15(13)12-20-17-14(11-18-2)9-6-10-16(17)19-3/h4-10,18H,11-12H2,1-3H3. The van der Waals surface area contributed by atoms with Crippen molar-refractivity contribution in [1.82, 2.24) is 5.32 Å². The molecule has 0 aliphatic heterocycles. The molecule has 2 aromatic rings. The van der Waals surface area contributed by atoms with Crippen LogP contribution in [-0.2, 0) is 13.2 Å². The molecule has 0 amide bonds. The summed E-state index contributed by atoms with van der Waals surface area (Å²) in [7, 11) is 3.59. The molecule has 106 valence electrons. The molecule has 0 bridgehead atoms. The van der Waals surface area contributed by atoms with Gasteiger partial charge in [0.25, 0.3) is 0 Å². The molecule has 0 radical (unpaired) electrons. The van der Waals surface area contributed by atoms with Crippen molar-refractivity contribution in [2.24, 2.45) is 0 Å². The van der Waals surface area contributed by atoms with E-state index in [0.717, 1.165) is 23.6 Å². The number of methoxy groups -OCH3 is 1. The average Bonchev–Trinajstić information content (AvgIpc) is 2.47. The minimum atomic E-state index is 0.545. The van der Waals surface area contributed by atoms with Gasteiger partial charge in [0, 0.05) is 12.1 Å². The SMILES string of the molecule is CNCc1cccc(OC)c1OCc1ccccc1C. The molecule has 0 aliphatic carbocycles. The summed E-state index contributed by atoms with van der Waals surface area (Å²) in [5.74, 6) is 1.58. The lowest BCUT2D eigenvalue weighted by Gasteiger charge is -2.15. The Kier molecular flexibility index (Phi) is 5.02. The van der Waals surface area contributed by atoms with Crippen molar-refractivity contribution in [1.29, 1.82) is 0 Å². The topological polar surface area (TPSA) is 30.5 Å². The van der Waals surface area contributed by atoms with Crippen LogP contribution in [0.1, 0.15) is 16.7 Å². The van der Waals surface area contributed by atoms with Crippen LogP contribution >= 0.6 is 0 Å². The number of hydrogen-bond donors (Lipinski definition) is 1. The Morgan fingerprint density at radius 1 is 1.00 bits per heavy atom. The van der Waals surface area contributed by atoms with Crippen LogP contribution in [0.25, 0.3) is 0 Å². The second-order valence-corrected chi connectivity index (χ2v) is 4.69. The number of rotatable bonds is 6. The first kappa shape index (κ1) is 14.4. The van der Waals surface area contributed by atoms with Gasteiger partial charge in [0.2, 0.25) is 0 Å². The molecule has 0 saturated heterocycles. The molecule has 0 unspecified atom stereocenters. The smallest absolute Gasteiger partial charge is 0.166 e. The summed E-state index contributed by atoms with van der Waals surface area (Å²) in [6.07, 6.45) is 0. The summed E-state index contributed by atoms with van der Waals surface area (Å²) in [5.41, 5.74) is 3.52. The molecule has 20 heavy (non-hydrogen) atoms. The van der Waals surface area contributed by atoms with E-state index in [1.54, 1.807) is 7.11 Å². The highest BCUT2D eigenvalue weighted by atomic mass is 16.5. The molecule has 3 heteroatoms. The van der Waals surface area contributed by atoms with Crippen LogP contribution in [0.2, 0.25) is 0 Å². The third-order valence-electron chi connectivity index (χ3n) is 3.28. The van der Waals surface area contributed by atoms with E-state index >= 15 is 0 Å². The molecule has 0 aromatic heterocycles. The molecule has 0 aliphatic rings. The lowest BCUT2D eigenvalue weighted by molar-refractivity contribution is 0.280. The third-order valence-corrected chi connectivity index (χ3v) is 3.28. The molecule has 1 N–H and O–H groups in total. The van der Waals surface area contributed by atoms with Gasteiger partial charge in [-0.25, -0.2) is 0 Å². The zero-order valence-corrected chi connectivity index (χ0v) is 12.3. The Morgan fingerprint density at radius 2 is 1.75 bits per heavy atom. The number of hydrogen-bond acceptors (Lipinski definition) is 3. The zero-order valence-electron chi connectivity index (χ0n) is 12.3. The quantitative estimate of drug-likeness (QED) is 0.874. The van der Waals surface area contributed by atoms with Gasteiger partial charge in [-0.15, -0.1) is 0 Å². The van der Waals surface area contributed by atoms with Crippen molar-refractivity contribution in [2.45, 2.75) is 20.1 Å². The molecule has 0 heterocycles. The molecule has 2 rings (SSSR count). The second kappa shape index (κ2) is 6.96. The minimum absolute atomic E-state index is 0.545. The van der Waals surface area contributed by atoms with E-state index in [-0.39, 0.29) is 0 Å². The van der Waals surface area contributed by atoms with Crippen LogP contribution in [0.4, 0.5) is 0 Å². The van der Waals surface area contributed by atoms with Gasteiger partial charge in [-0.2, -0.15) is 0 Å². The highest BCUT2D eigenvalue weighted by Crippen LogP contribution is 2.31. The minimum Gasteiger partial charge on any atom is -0.493 e. The van der Waals surface area contributed by atoms with Gasteiger partial charge in [0.15, 0.2) is 11.5 Å². The fourth-order valence-electron chi connectivity index (χ4n) is 2.14. The van der Waals surface area contributed by atoms with Crippen LogP contribution in [0.3, 0.4) is 0 Å². The third kappa shape index (κ3) is 3.31. The van der Waals surface area contributed by atoms with Gasteiger partial charge in [-0.3, -0.25) is 0 Å². The van der Waals surface area contributed by atoms with Crippen molar-refractivity contribution in [3.05, 3.63) is 59.2 Å². The summed E-state index contributed by atoms with van der Waals surface area (Å²) in [5, 5.41) is 3.15. The van der Waals surface area contributed by atoms with E-state index in [2.05, 4.69) is 24.4 Å². The monoisotopic (exact) mass is 271 g/mol. The fourth-order valence-corrected chi connectivity index (χ4v) is 2.14. The number of nitrogens with one attached hydrogen (secondary N) is 1. The number of para-hydroxylation sites is 1. The van der Waals surface area contributed by atoms with E-state index in [4.69, 9.17) is 9.47 Å². The molecule has 0 fully saturated rings. The second-order valence-electron chi connectivity index (χ2n) is 4.69. The molecular weight excluding hydrogens is 250 g/mol. The Labute approximate surface area is 120 Å². The normalized spacial score (nSPS) is 10.3. The maximum atomic E-state index is 6.01. The van der Waals surface area contributed by atoms with E-state index in [0.29, 0.717) is 6.61 Å². The van der Waals surface area contributed by atoms with Crippen molar-refractivity contribution in [3.63, 3.8) is 0 Å². The predicted molar refractivity (Wildman–Crippen MR) is 81.3 cm³/mol. The summed E-state index contributed by atoms with van der Waals surface area (Å²) >= 11 is 0. The predicted octanol–water partition coefficient (Wildman–Crippen LogP) is 3.30. The lowest BCUT2D eigenvalue weighted by Crippen LogP contribution is -2.08. The molecule has 3 nitrogen and oxygen atoms in total. The largest absolute Gasteiger partial charge is 0.493 e. The van der Waals surface area contributed by atoms with Gasteiger partial charge in [0.1, 0.15) is 6.61 Å². The van der Waals surface area contributed by atoms with Crippen molar-refractivity contribution in [2.75, 3.05) is 14.2 Å². The summed E-state index contributed by atoms with van der Waals surface area (Å²) < 4.78 is 11.4. The Morgan fingerprint density at radius 3 is 2.45 bits per heavy atom. The highest BCUT2D eigenvalue weighted by molar-refractivity contribution is 5.46. The molecular formula is C17H21NO2. The van der Waals surface area contributed by atoms with Gasteiger partial charge in [0.05, 0.1) is 7.11 Å². The van der Waals surface area contributed by atoms with Gasteiger partial charge < -0.3 is 14.8 Å². The number of aryl methyl sites for hydroxylation is 1. The van der Waals surface area contributed by atoms with Crippen LogP contribution in [-0.4, -0.2) is 14.2 Å². The van der Waals surface area contributed by atoms with E-state index < -0.39 is 0 Å². The molecule has 0 atom stereocenters. The van der Waals surface area contributed by atoms with Gasteiger partial charge in [-0.1, -0.05) is 36.4 Å². The van der Waals surface area contributed by atoms with Crippen molar-refractivity contribution in [3.8, 4) is 11.5 Å². The van der Waals surface area contributed by atoms with E-state index in [1.807, 2.05) is 37.4 Å². The highest BCUT2D eigenvalue weighted by Gasteiger charge is 2.10. The summed E-state index contributed by atoms with van der Waals surface area (Å²) in [6, 6.07) is 14.2. The van der Waals surface area contributed by atoms with Crippen LogP contribution in [0.5, 0.6) is 11.5 Å². The van der Waals surface area contributed by atoms with E-state index in [1.165, 1.54) is 11.1 Å². The lowest BCUT2D eigenvalue weighted by atomic mass is 10.1. The number of benzene rings is 2. The number of ether oxygens (including phenoxy) is 2. The van der Waals surface area contributed by atoms with Crippen LogP contribution < -0.4 is 14.8 Å². The summed E-state index contributed by atoms with van der Waals surface area (Å²) in [4.78, 5) is 0. The Balaban J connectivity index is 2.21. The van der Waals surface area contributed by atoms with Crippen LogP contribution in [0.15, 0.2) is 42.5 Å². The van der Waals surface area contributed by atoms with Gasteiger partial charge in [-0.05, 0) is 31.2 Å². The Hall–Kier alpha value is -2.00. The first-order valence-electron chi connectivity index (χ1n) is 6.74. The first-order chi connectivity index (χ1) is 9.76. The van der Waals surface area contributed by atoms with E-state index in [9.17, 15) is 0 Å². The summed E-state index contributed by atoms with van der Waals surface area (Å²) in [6.45, 7) is 3.39. The first-order valence-corrected chi connectivity index (χ1v) is 6.74. The van der Waals surface area contributed by atoms with Crippen LogP contribution in [0, 0.1) is 6.92 Å². The zero-order chi connectivity index (χ0) is 14.4. The molecule has 2 aromatic carbocycles. The average molecular weight is 271 g/mol. The fraction of sp³-hybridized carbons (Fsp3) is 0.294. The molecule has 0 spiro atoms. The maximum absolute atomic E-state index is 6.01. The van der Waals surface area contributed by atoms with Gasteiger partial charge >= 0.3 is 0 Å². The Bertz CT molecular complexity index is 567. The van der Waals surface area contributed by atoms with Crippen molar-refractivity contribution < 1.29 is 9.47 Å². The maximum Gasteiger partial charge on any atom is 0.166 e. The molecule has 0 saturated carbocycles.